The molecule has 0 atom stereocenters. The Morgan fingerprint density at radius 1 is 0.603 bits per heavy atom. The Balaban J connectivity index is 2.41. The van der Waals surface area contributed by atoms with Crippen LogP contribution in [0.3, 0.4) is 0 Å². The van der Waals surface area contributed by atoms with Crippen molar-refractivity contribution in [3.63, 3.8) is 0 Å². The van der Waals surface area contributed by atoms with Crippen LogP contribution in [0.2, 0.25) is 0 Å². The van der Waals surface area contributed by atoms with Gasteiger partial charge >= 0.3 is 11.9 Å². The number of carbonyl (C=O) groups is 3. The third kappa shape index (κ3) is 30.0. The summed E-state index contributed by atoms with van der Waals surface area (Å²) in [6, 6.07) is 0. The highest BCUT2D eigenvalue weighted by molar-refractivity contribution is 5.97. The van der Waals surface area contributed by atoms with Gasteiger partial charge < -0.3 is 29.7 Å². The Hall–Kier alpha value is -2.13. The third-order valence-electron chi connectivity index (χ3n) is 11.8. The van der Waals surface area contributed by atoms with E-state index in [0.717, 1.165) is 122 Å². The minimum absolute atomic E-state index is 0.000206. The van der Waals surface area contributed by atoms with E-state index in [-0.39, 0.29) is 30.4 Å². The predicted molar refractivity (Wildman–Crippen MR) is 242 cm³/mol. The maximum atomic E-state index is 12.7. The average molecular weight is 820 g/mol. The molecule has 2 N–H and O–H groups in total. The van der Waals surface area contributed by atoms with E-state index in [1.54, 1.807) is 0 Å². The second-order valence-electron chi connectivity index (χ2n) is 17.1. The van der Waals surface area contributed by atoms with Crippen LogP contribution in [0.25, 0.3) is 0 Å². The highest BCUT2D eigenvalue weighted by Gasteiger charge is 2.20. The number of ketones is 1. The standard InChI is InChI=1S/C49H93N3O6/c1-6-10-14-22-31-44(32-23-15-11-7-2)58-48(55)34-25-19-17-21-27-38-52(39-28-36-51-49-45(50-5)41-56-42-46(49)53)37-26-20-16-18-24-33-47(54)57-40-35-43(29-12-8-3)30-13-9-4/h43-44,50-51H,6-42H2,1-5H3. The summed E-state index contributed by atoms with van der Waals surface area (Å²) < 4.78 is 17.0. The van der Waals surface area contributed by atoms with Gasteiger partial charge in [0.15, 0.2) is 0 Å². The van der Waals surface area contributed by atoms with Crippen molar-refractivity contribution in [3.8, 4) is 0 Å². The molecule has 1 aliphatic heterocycles. The smallest absolute Gasteiger partial charge is 0.306 e. The summed E-state index contributed by atoms with van der Waals surface area (Å²) >= 11 is 0. The Kier molecular flexibility index (Phi) is 36.3. The molecule has 9 nitrogen and oxygen atoms in total. The molecule has 0 aliphatic carbocycles. The van der Waals surface area contributed by atoms with Gasteiger partial charge in [-0.2, -0.15) is 0 Å². The van der Waals surface area contributed by atoms with E-state index in [0.29, 0.717) is 37.7 Å². The molecular formula is C49H93N3O6. The van der Waals surface area contributed by atoms with Gasteiger partial charge in [0.05, 0.1) is 18.9 Å². The van der Waals surface area contributed by atoms with E-state index in [1.165, 1.54) is 89.9 Å². The zero-order valence-corrected chi connectivity index (χ0v) is 38.7. The lowest BCUT2D eigenvalue weighted by atomic mass is 9.93. The fourth-order valence-corrected chi connectivity index (χ4v) is 8.02. The molecule has 0 aromatic rings. The van der Waals surface area contributed by atoms with Crippen molar-refractivity contribution in [1.29, 1.82) is 0 Å². The average Bonchev–Trinajstić information content (AvgIpc) is 3.22. The molecule has 58 heavy (non-hydrogen) atoms. The number of nitrogens with one attached hydrogen (secondary N) is 2. The number of hydrogen-bond donors (Lipinski definition) is 2. The molecule has 0 fully saturated rings. The SMILES string of the molecule is CCCCCCC(CCCCCC)OC(=O)CCCCCCCN(CCCCCCCC(=O)OCCC(CCCC)CCCC)CCCNC1=C(NC)COCC1=O. The van der Waals surface area contributed by atoms with Crippen molar-refractivity contribution in [2.24, 2.45) is 5.92 Å². The van der Waals surface area contributed by atoms with Gasteiger partial charge in [0.1, 0.15) is 18.4 Å². The normalized spacial score (nSPS) is 13.3. The van der Waals surface area contributed by atoms with Crippen LogP contribution >= 0.6 is 0 Å². The number of carbonyl (C=O) groups excluding carboxylic acids is 3. The number of likely N-dealkylation sites (N-methyl/N-ethyl adjacent to an activating group) is 1. The van der Waals surface area contributed by atoms with Gasteiger partial charge in [-0.1, -0.05) is 143 Å². The first-order valence-electron chi connectivity index (χ1n) is 24.7. The minimum Gasteiger partial charge on any atom is -0.466 e. The van der Waals surface area contributed by atoms with Crippen LogP contribution in [0.4, 0.5) is 0 Å². The molecule has 0 amide bonds. The molecule has 1 rings (SSSR count). The summed E-state index contributed by atoms with van der Waals surface area (Å²) in [6.45, 7) is 14.0. The second-order valence-corrected chi connectivity index (χ2v) is 17.1. The second kappa shape index (κ2) is 39.0. The summed E-state index contributed by atoms with van der Waals surface area (Å²) in [7, 11) is 1.83. The Morgan fingerprint density at radius 3 is 1.69 bits per heavy atom. The number of rotatable bonds is 42. The minimum atomic E-state index is -0.0283. The van der Waals surface area contributed by atoms with Crippen LogP contribution in [0.15, 0.2) is 11.4 Å². The zero-order chi connectivity index (χ0) is 42.3. The summed E-state index contributed by atoms with van der Waals surface area (Å²) in [5.74, 6) is 0.676. The number of esters is 2. The molecule has 0 spiro atoms. The molecule has 0 unspecified atom stereocenters. The monoisotopic (exact) mass is 820 g/mol. The van der Waals surface area contributed by atoms with E-state index in [1.807, 2.05) is 7.05 Å². The molecule has 9 heteroatoms. The molecule has 0 saturated carbocycles. The van der Waals surface area contributed by atoms with Gasteiger partial charge in [-0.15, -0.1) is 0 Å². The van der Waals surface area contributed by atoms with Crippen LogP contribution < -0.4 is 10.6 Å². The summed E-state index contributed by atoms with van der Waals surface area (Å²) in [4.78, 5) is 40.1. The quantitative estimate of drug-likeness (QED) is 0.0460. The van der Waals surface area contributed by atoms with E-state index in [9.17, 15) is 14.4 Å². The van der Waals surface area contributed by atoms with Crippen LogP contribution in [0.1, 0.15) is 220 Å². The lowest BCUT2D eigenvalue weighted by molar-refractivity contribution is -0.150. The molecule has 0 bridgehead atoms. The van der Waals surface area contributed by atoms with Crippen molar-refractivity contribution in [1.82, 2.24) is 15.5 Å². The Bertz CT molecular complexity index is 1020. The number of hydrogen-bond acceptors (Lipinski definition) is 9. The fraction of sp³-hybridized carbons (Fsp3) is 0.898. The topological polar surface area (TPSA) is 106 Å². The van der Waals surface area contributed by atoms with Crippen molar-refractivity contribution in [2.45, 2.75) is 226 Å². The maximum absolute atomic E-state index is 12.7. The van der Waals surface area contributed by atoms with Gasteiger partial charge in [0.2, 0.25) is 5.78 Å². The van der Waals surface area contributed by atoms with E-state index < -0.39 is 0 Å². The molecule has 340 valence electrons. The van der Waals surface area contributed by atoms with Gasteiger partial charge in [-0.25, -0.2) is 0 Å². The van der Waals surface area contributed by atoms with E-state index in [4.69, 9.17) is 14.2 Å². The number of nitrogens with zero attached hydrogens (tertiary/aromatic N) is 1. The lowest BCUT2D eigenvalue weighted by Gasteiger charge is -2.24. The first-order chi connectivity index (χ1) is 28.4. The highest BCUT2D eigenvalue weighted by atomic mass is 16.5. The fourth-order valence-electron chi connectivity index (χ4n) is 8.02. The van der Waals surface area contributed by atoms with Crippen molar-refractivity contribution in [3.05, 3.63) is 11.4 Å². The van der Waals surface area contributed by atoms with Crippen molar-refractivity contribution in [2.75, 3.05) is 53.0 Å². The summed E-state index contributed by atoms with van der Waals surface area (Å²) in [5.41, 5.74) is 1.50. The number of unbranched alkanes of at least 4 members (excludes halogenated alkanes) is 16. The lowest BCUT2D eigenvalue weighted by Crippen LogP contribution is -2.36. The van der Waals surface area contributed by atoms with Gasteiger partial charge in [0, 0.05) is 26.4 Å². The highest BCUT2D eigenvalue weighted by Crippen LogP contribution is 2.21. The summed E-state index contributed by atoms with van der Waals surface area (Å²) in [5, 5.41) is 6.50. The third-order valence-corrected chi connectivity index (χ3v) is 11.8. The molecule has 0 saturated heterocycles. The molecule has 0 aromatic heterocycles. The molecule has 0 aromatic carbocycles. The Morgan fingerprint density at radius 2 is 1.12 bits per heavy atom. The molecular weight excluding hydrogens is 727 g/mol. The van der Waals surface area contributed by atoms with Crippen LogP contribution in [-0.4, -0.2) is 81.8 Å². The van der Waals surface area contributed by atoms with Gasteiger partial charge in [-0.05, 0) is 89.8 Å². The number of Topliss-reactive ketones (excluding diaryl/α,β-unsaturated/α-hetero) is 1. The van der Waals surface area contributed by atoms with Crippen LogP contribution in [0.5, 0.6) is 0 Å². The first kappa shape index (κ1) is 53.9. The molecule has 0 radical (unpaired) electrons. The molecule has 1 heterocycles. The van der Waals surface area contributed by atoms with E-state index >= 15 is 0 Å². The van der Waals surface area contributed by atoms with Crippen molar-refractivity contribution >= 4 is 17.7 Å². The number of ether oxygens (including phenoxy) is 3. The maximum Gasteiger partial charge on any atom is 0.306 e. The zero-order valence-electron chi connectivity index (χ0n) is 38.7. The summed E-state index contributed by atoms with van der Waals surface area (Å²) in [6.07, 6.45) is 33.4. The predicted octanol–water partition coefficient (Wildman–Crippen LogP) is 11.8. The van der Waals surface area contributed by atoms with Crippen LogP contribution in [-0.2, 0) is 28.6 Å². The molecule has 1 aliphatic rings. The van der Waals surface area contributed by atoms with E-state index in [2.05, 4.69) is 43.2 Å². The van der Waals surface area contributed by atoms with Gasteiger partial charge in [-0.3, -0.25) is 14.4 Å². The van der Waals surface area contributed by atoms with Gasteiger partial charge in [0.25, 0.3) is 0 Å². The largest absolute Gasteiger partial charge is 0.466 e. The first-order valence-corrected chi connectivity index (χ1v) is 24.7. The van der Waals surface area contributed by atoms with Crippen LogP contribution in [0, 0.1) is 5.92 Å². The Labute approximate surface area is 357 Å². The van der Waals surface area contributed by atoms with Crippen molar-refractivity contribution < 1.29 is 28.6 Å².